The summed E-state index contributed by atoms with van der Waals surface area (Å²) in [5.74, 6) is 0.603. The van der Waals surface area contributed by atoms with E-state index in [1.807, 2.05) is 0 Å². The molecule has 1 aromatic heterocycles. The molecule has 1 aromatic carbocycles. The molecule has 0 bridgehead atoms. The topological polar surface area (TPSA) is 70.0 Å². The average Bonchev–Trinajstić information content (AvgIpc) is 2.67. The monoisotopic (exact) mass is 414 g/mol. The number of methoxy groups -OCH3 is 3. The molecule has 0 aliphatic rings. The Hall–Kier alpha value is -3.17. The first kappa shape index (κ1) is 22.1. The van der Waals surface area contributed by atoms with Crippen LogP contribution in [-0.2, 0) is 24.1 Å². The average molecular weight is 414 g/mol. The fourth-order valence-electron chi connectivity index (χ4n) is 2.72. The predicted octanol–water partition coefficient (Wildman–Crippen LogP) is 2.55. The van der Waals surface area contributed by atoms with E-state index in [0.717, 1.165) is 10.6 Å². The van der Waals surface area contributed by atoms with Crippen LogP contribution in [0.4, 0.5) is 13.2 Å². The SMILES string of the molecule is COc1ccc(CN(C)C(=O)Cn2cc(C(F)(F)F)ccc2=O)c(OC)c1OC. The van der Waals surface area contributed by atoms with Crippen LogP contribution in [0, 0.1) is 0 Å². The number of nitrogens with zero attached hydrogens (tertiary/aromatic N) is 2. The third-order valence-electron chi connectivity index (χ3n) is 4.24. The molecule has 0 fully saturated rings. The summed E-state index contributed by atoms with van der Waals surface area (Å²) in [6.45, 7) is -0.453. The van der Waals surface area contributed by atoms with Crippen molar-refractivity contribution in [3.63, 3.8) is 0 Å². The van der Waals surface area contributed by atoms with Crippen molar-refractivity contribution in [1.29, 1.82) is 0 Å². The summed E-state index contributed by atoms with van der Waals surface area (Å²) >= 11 is 0. The van der Waals surface area contributed by atoms with Crippen LogP contribution in [0.5, 0.6) is 17.2 Å². The lowest BCUT2D eigenvalue weighted by Crippen LogP contribution is -2.33. The van der Waals surface area contributed by atoms with Crippen molar-refractivity contribution < 1.29 is 32.2 Å². The van der Waals surface area contributed by atoms with Crippen molar-refractivity contribution in [2.75, 3.05) is 28.4 Å². The molecule has 2 rings (SSSR count). The van der Waals surface area contributed by atoms with E-state index in [-0.39, 0.29) is 6.54 Å². The number of carbonyl (C=O) groups excluding carboxylic acids is 1. The van der Waals surface area contributed by atoms with E-state index in [1.165, 1.54) is 33.3 Å². The summed E-state index contributed by atoms with van der Waals surface area (Å²) < 4.78 is 55.1. The van der Waals surface area contributed by atoms with Gasteiger partial charge in [-0.2, -0.15) is 13.2 Å². The van der Waals surface area contributed by atoms with Gasteiger partial charge in [0, 0.05) is 31.4 Å². The Morgan fingerprint density at radius 1 is 1.03 bits per heavy atom. The van der Waals surface area contributed by atoms with Gasteiger partial charge in [-0.05, 0) is 18.2 Å². The first-order chi connectivity index (χ1) is 13.6. The number of halogens is 3. The normalized spacial score (nSPS) is 11.1. The molecule has 2 aromatic rings. The summed E-state index contributed by atoms with van der Waals surface area (Å²) in [5.41, 5.74) is -1.12. The zero-order valence-electron chi connectivity index (χ0n) is 16.4. The van der Waals surface area contributed by atoms with E-state index in [1.54, 1.807) is 12.1 Å². The Balaban J connectivity index is 2.24. The summed E-state index contributed by atoms with van der Waals surface area (Å²) in [6, 6.07) is 4.79. The van der Waals surface area contributed by atoms with Crippen LogP contribution in [0.2, 0.25) is 0 Å². The Morgan fingerprint density at radius 2 is 1.69 bits per heavy atom. The van der Waals surface area contributed by atoms with Crippen molar-refractivity contribution in [3.05, 3.63) is 51.9 Å². The molecule has 7 nitrogen and oxygen atoms in total. The molecule has 0 aliphatic heterocycles. The Bertz CT molecular complexity index is 940. The number of aromatic nitrogens is 1. The van der Waals surface area contributed by atoms with Crippen molar-refractivity contribution >= 4 is 5.91 Å². The van der Waals surface area contributed by atoms with Gasteiger partial charge in [0.25, 0.3) is 5.56 Å². The number of carbonyl (C=O) groups is 1. The highest BCUT2D eigenvalue weighted by Crippen LogP contribution is 2.40. The third kappa shape index (κ3) is 5.01. The molecule has 0 radical (unpaired) electrons. The Kier molecular flexibility index (Phi) is 6.78. The second kappa shape index (κ2) is 8.89. The molecule has 0 saturated carbocycles. The van der Waals surface area contributed by atoms with Crippen LogP contribution in [0.1, 0.15) is 11.1 Å². The first-order valence-corrected chi connectivity index (χ1v) is 8.41. The molecule has 0 unspecified atom stereocenters. The lowest BCUT2D eigenvalue weighted by Gasteiger charge is -2.21. The van der Waals surface area contributed by atoms with E-state index >= 15 is 0 Å². The second-order valence-electron chi connectivity index (χ2n) is 6.12. The fourth-order valence-corrected chi connectivity index (χ4v) is 2.72. The lowest BCUT2D eigenvalue weighted by atomic mass is 10.1. The van der Waals surface area contributed by atoms with Gasteiger partial charge in [-0.1, -0.05) is 0 Å². The van der Waals surface area contributed by atoms with Gasteiger partial charge in [-0.15, -0.1) is 0 Å². The third-order valence-corrected chi connectivity index (χ3v) is 4.24. The summed E-state index contributed by atoms with van der Waals surface area (Å²) in [7, 11) is 5.82. The van der Waals surface area contributed by atoms with Gasteiger partial charge in [-0.25, -0.2) is 0 Å². The number of hydrogen-bond donors (Lipinski definition) is 0. The standard InChI is InChI=1S/C19H21F3N2O5/c1-23(9-12-5-7-14(27-2)18(29-4)17(12)28-3)16(26)11-24-10-13(19(20,21)22)6-8-15(24)25/h5-8,10H,9,11H2,1-4H3. The van der Waals surface area contributed by atoms with Crippen LogP contribution in [-0.4, -0.2) is 43.8 Å². The van der Waals surface area contributed by atoms with Crippen LogP contribution in [0.3, 0.4) is 0 Å². The van der Waals surface area contributed by atoms with Crippen LogP contribution in [0.25, 0.3) is 0 Å². The van der Waals surface area contributed by atoms with Gasteiger partial charge >= 0.3 is 6.18 Å². The number of rotatable bonds is 7. The highest BCUT2D eigenvalue weighted by molar-refractivity contribution is 5.76. The van der Waals surface area contributed by atoms with Crippen LogP contribution < -0.4 is 19.8 Å². The van der Waals surface area contributed by atoms with E-state index in [0.29, 0.717) is 35.1 Å². The maximum atomic E-state index is 12.9. The maximum absolute atomic E-state index is 12.9. The summed E-state index contributed by atoms with van der Waals surface area (Å²) in [5, 5.41) is 0. The fraction of sp³-hybridized carbons (Fsp3) is 0.368. The number of ether oxygens (including phenoxy) is 3. The number of alkyl halides is 3. The van der Waals surface area contributed by atoms with Crippen molar-refractivity contribution in [2.45, 2.75) is 19.3 Å². The van der Waals surface area contributed by atoms with Crippen LogP contribution >= 0.6 is 0 Å². The van der Waals surface area contributed by atoms with E-state index in [4.69, 9.17) is 14.2 Å². The van der Waals surface area contributed by atoms with Gasteiger partial charge in [0.05, 0.1) is 26.9 Å². The Labute approximate surface area is 165 Å². The van der Waals surface area contributed by atoms with Gasteiger partial charge < -0.3 is 23.7 Å². The van der Waals surface area contributed by atoms with E-state index < -0.39 is 29.8 Å². The minimum Gasteiger partial charge on any atom is -0.493 e. The summed E-state index contributed by atoms with van der Waals surface area (Å²) in [4.78, 5) is 25.6. The number of benzene rings is 1. The highest BCUT2D eigenvalue weighted by Gasteiger charge is 2.31. The zero-order valence-corrected chi connectivity index (χ0v) is 16.4. The molecule has 0 atom stereocenters. The quantitative estimate of drug-likeness (QED) is 0.697. The molecule has 1 amide bonds. The molecule has 0 spiro atoms. The molecule has 0 saturated heterocycles. The van der Waals surface area contributed by atoms with E-state index in [9.17, 15) is 22.8 Å². The largest absolute Gasteiger partial charge is 0.493 e. The minimum absolute atomic E-state index is 0.0794. The zero-order chi connectivity index (χ0) is 21.8. The van der Waals surface area contributed by atoms with Crippen molar-refractivity contribution in [2.24, 2.45) is 0 Å². The van der Waals surface area contributed by atoms with Gasteiger partial charge in [0.1, 0.15) is 6.54 Å². The molecule has 29 heavy (non-hydrogen) atoms. The molecule has 1 heterocycles. The van der Waals surface area contributed by atoms with Crippen LogP contribution in [0.15, 0.2) is 35.3 Å². The maximum Gasteiger partial charge on any atom is 0.417 e. The second-order valence-corrected chi connectivity index (χ2v) is 6.12. The minimum atomic E-state index is -4.61. The summed E-state index contributed by atoms with van der Waals surface area (Å²) in [6.07, 6.45) is -3.98. The number of pyridine rings is 1. The number of hydrogen-bond acceptors (Lipinski definition) is 5. The van der Waals surface area contributed by atoms with Crippen molar-refractivity contribution in [1.82, 2.24) is 9.47 Å². The van der Waals surface area contributed by atoms with Gasteiger partial charge in [0.2, 0.25) is 11.7 Å². The lowest BCUT2D eigenvalue weighted by molar-refractivity contribution is -0.138. The molecule has 0 N–H and O–H groups in total. The van der Waals surface area contributed by atoms with Gasteiger partial charge in [0.15, 0.2) is 11.5 Å². The van der Waals surface area contributed by atoms with E-state index in [2.05, 4.69) is 0 Å². The molecular weight excluding hydrogens is 393 g/mol. The first-order valence-electron chi connectivity index (χ1n) is 8.41. The Morgan fingerprint density at radius 3 is 2.24 bits per heavy atom. The van der Waals surface area contributed by atoms with Gasteiger partial charge in [-0.3, -0.25) is 9.59 Å². The molecule has 10 heteroatoms. The number of likely N-dealkylation sites (N-methyl/N-ethyl adjacent to an activating group) is 1. The molecule has 158 valence electrons. The highest BCUT2D eigenvalue weighted by atomic mass is 19.4. The smallest absolute Gasteiger partial charge is 0.417 e. The number of amides is 1. The molecule has 0 aliphatic carbocycles. The molecular formula is C19H21F3N2O5. The predicted molar refractivity (Wildman–Crippen MR) is 98.3 cm³/mol. The van der Waals surface area contributed by atoms with Crippen molar-refractivity contribution in [3.8, 4) is 17.2 Å².